The molecule has 7 nitrogen and oxygen atoms in total. The minimum atomic E-state index is -0.973. The van der Waals surface area contributed by atoms with Gasteiger partial charge in [0.05, 0.1) is 11.3 Å². The van der Waals surface area contributed by atoms with Crippen molar-refractivity contribution >= 4 is 29.2 Å². The molecule has 1 unspecified atom stereocenters. The standard InChI is InChI=1S/C20H19ClN4O3/c1-12-10-13(2)25(24-12)18-9-4-15(11-22-18)20(27)28-14(3)19(26)23-17-7-5-16(21)6-8-17/h4-11,14H,1-3H3,(H,23,26). The zero-order valence-corrected chi connectivity index (χ0v) is 16.4. The highest BCUT2D eigenvalue weighted by atomic mass is 35.5. The van der Waals surface area contributed by atoms with E-state index in [0.717, 1.165) is 11.4 Å². The highest BCUT2D eigenvalue weighted by molar-refractivity contribution is 6.30. The number of nitrogens with one attached hydrogen (secondary N) is 1. The summed E-state index contributed by atoms with van der Waals surface area (Å²) < 4.78 is 6.92. The lowest BCUT2D eigenvalue weighted by molar-refractivity contribution is -0.123. The van der Waals surface area contributed by atoms with Crippen LogP contribution >= 0.6 is 11.6 Å². The van der Waals surface area contributed by atoms with Gasteiger partial charge in [0.15, 0.2) is 11.9 Å². The summed E-state index contributed by atoms with van der Waals surface area (Å²) >= 11 is 5.81. The predicted octanol–water partition coefficient (Wildman–Crippen LogP) is 3.72. The van der Waals surface area contributed by atoms with Crippen molar-refractivity contribution in [2.24, 2.45) is 0 Å². The van der Waals surface area contributed by atoms with Gasteiger partial charge in [0.1, 0.15) is 0 Å². The molecule has 144 valence electrons. The first-order chi connectivity index (χ1) is 13.3. The first-order valence-electron chi connectivity index (χ1n) is 8.60. The molecule has 3 rings (SSSR count). The van der Waals surface area contributed by atoms with Crippen molar-refractivity contribution in [3.8, 4) is 5.82 Å². The summed E-state index contributed by atoms with van der Waals surface area (Å²) in [5.74, 6) is -0.482. The van der Waals surface area contributed by atoms with Crippen molar-refractivity contribution in [1.29, 1.82) is 0 Å². The zero-order chi connectivity index (χ0) is 20.3. The number of anilines is 1. The van der Waals surface area contributed by atoms with Gasteiger partial charge >= 0.3 is 5.97 Å². The van der Waals surface area contributed by atoms with E-state index in [0.29, 0.717) is 16.5 Å². The monoisotopic (exact) mass is 398 g/mol. The first kappa shape index (κ1) is 19.6. The van der Waals surface area contributed by atoms with E-state index in [4.69, 9.17) is 16.3 Å². The molecule has 2 heterocycles. The number of aryl methyl sites for hydroxylation is 2. The molecule has 1 amide bonds. The Morgan fingerprint density at radius 2 is 1.86 bits per heavy atom. The largest absolute Gasteiger partial charge is 0.449 e. The number of pyridine rings is 1. The normalized spacial score (nSPS) is 11.7. The average molecular weight is 399 g/mol. The van der Waals surface area contributed by atoms with Crippen LogP contribution in [0.25, 0.3) is 5.82 Å². The van der Waals surface area contributed by atoms with Crippen LogP contribution in [-0.2, 0) is 9.53 Å². The smallest absolute Gasteiger partial charge is 0.340 e. The van der Waals surface area contributed by atoms with Crippen LogP contribution < -0.4 is 5.32 Å². The van der Waals surface area contributed by atoms with Crippen molar-refractivity contribution in [3.63, 3.8) is 0 Å². The Morgan fingerprint density at radius 1 is 1.14 bits per heavy atom. The molecule has 1 N–H and O–H groups in total. The van der Waals surface area contributed by atoms with Gasteiger partial charge in [-0.2, -0.15) is 5.10 Å². The Kier molecular flexibility index (Phi) is 5.75. The Balaban J connectivity index is 1.62. The molecule has 1 aromatic carbocycles. The highest BCUT2D eigenvalue weighted by Crippen LogP contribution is 2.15. The molecule has 0 radical (unpaired) electrons. The van der Waals surface area contributed by atoms with Crippen molar-refractivity contribution in [3.05, 3.63) is 70.6 Å². The molecule has 0 fully saturated rings. The number of ether oxygens (including phenoxy) is 1. The number of carbonyl (C=O) groups excluding carboxylic acids is 2. The lowest BCUT2D eigenvalue weighted by Crippen LogP contribution is -2.30. The van der Waals surface area contributed by atoms with Crippen LogP contribution in [0.2, 0.25) is 5.02 Å². The van der Waals surface area contributed by atoms with Crippen molar-refractivity contribution < 1.29 is 14.3 Å². The maximum absolute atomic E-state index is 12.3. The summed E-state index contributed by atoms with van der Waals surface area (Å²) in [7, 11) is 0. The van der Waals surface area contributed by atoms with Crippen LogP contribution in [-0.4, -0.2) is 32.7 Å². The topological polar surface area (TPSA) is 86.1 Å². The Hall–Kier alpha value is -3.19. The fraction of sp³-hybridized carbons (Fsp3) is 0.200. The number of aromatic nitrogens is 3. The van der Waals surface area contributed by atoms with Gasteiger partial charge in [-0.3, -0.25) is 4.79 Å². The molecule has 0 bridgehead atoms. The van der Waals surface area contributed by atoms with Gasteiger partial charge in [-0.25, -0.2) is 14.5 Å². The van der Waals surface area contributed by atoms with Crippen molar-refractivity contribution in [2.75, 3.05) is 5.32 Å². The molecule has 3 aromatic rings. The number of rotatable bonds is 5. The summed E-state index contributed by atoms with van der Waals surface area (Å²) in [6.07, 6.45) is 0.427. The number of amides is 1. The minimum Gasteiger partial charge on any atom is -0.449 e. The first-order valence-corrected chi connectivity index (χ1v) is 8.98. The summed E-state index contributed by atoms with van der Waals surface area (Å²) in [6.45, 7) is 5.32. The second-order valence-electron chi connectivity index (χ2n) is 6.29. The lowest BCUT2D eigenvalue weighted by atomic mass is 10.2. The maximum atomic E-state index is 12.3. The minimum absolute atomic E-state index is 0.247. The van der Waals surface area contributed by atoms with Gasteiger partial charge < -0.3 is 10.1 Å². The quantitative estimate of drug-likeness (QED) is 0.662. The predicted molar refractivity (Wildman–Crippen MR) is 106 cm³/mol. The summed E-state index contributed by atoms with van der Waals surface area (Å²) in [6, 6.07) is 11.8. The van der Waals surface area contributed by atoms with Gasteiger partial charge in [0.25, 0.3) is 5.91 Å². The molecule has 8 heteroatoms. The van der Waals surface area contributed by atoms with Crippen molar-refractivity contribution in [1.82, 2.24) is 14.8 Å². The third-order valence-corrected chi connectivity index (χ3v) is 4.23. The molecule has 1 atom stereocenters. The average Bonchev–Trinajstić information content (AvgIpc) is 3.01. The van der Waals surface area contributed by atoms with Crippen LogP contribution in [0.5, 0.6) is 0 Å². The number of benzene rings is 1. The number of esters is 1. The Morgan fingerprint density at radius 3 is 2.43 bits per heavy atom. The zero-order valence-electron chi connectivity index (χ0n) is 15.6. The van der Waals surface area contributed by atoms with Crippen LogP contribution in [0.15, 0.2) is 48.7 Å². The summed E-state index contributed by atoms with van der Waals surface area (Å²) in [5, 5.41) is 7.58. The third kappa shape index (κ3) is 4.55. The van der Waals surface area contributed by atoms with Crippen LogP contribution in [0, 0.1) is 13.8 Å². The molecule has 0 spiro atoms. The SMILES string of the molecule is Cc1cc(C)n(-c2ccc(C(=O)OC(C)C(=O)Nc3ccc(Cl)cc3)cn2)n1. The Labute approximate surface area is 167 Å². The van der Waals surface area contributed by atoms with Crippen LogP contribution in [0.3, 0.4) is 0 Å². The van der Waals surface area contributed by atoms with E-state index >= 15 is 0 Å². The van der Waals surface area contributed by atoms with E-state index < -0.39 is 18.0 Å². The van der Waals surface area contributed by atoms with Crippen LogP contribution in [0.4, 0.5) is 5.69 Å². The van der Waals surface area contributed by atoms with Gasteiger partial charge in [0.2, 0.25) is 0 Å². The number of carbonyl (C=O) groups is 2. The maximum Gasteiger partial charge on any atom is 0.340 e. The molecule has 2 aromatic heterocycles. The fourth-order valence-electron chi connectivity index (χ4n) is 2.55. The molecule has 0 saturated carbocycles. The van der Waals surface area contributed by atoms with Gasteiger partial charge in [-0.15, -0.1) is 0 Å². The molecule has 0 aliphatic heterocycles. The fourth-order valence-corrected chi connectivity index (χ4v) is 2.68. The molecule has 0 saturated heterocycles. The highest BCUT2D eigenvalue weighted by Gasteiger charge is 2.19. The lowest BCUT2D eigenvalue weighted by Gasteiger charge is -2.13. The second-order valence-corrected chi connectivity index (χ2v) is 6.72. The molecule has 0 aliphatic rings. The number of halogens is 1. The Bertz CT molecular complexity index is 997. The van der Waals surface area contributed by atoms with Gasteiger partial charge in [-0.1, -0.05) is 11.6 Å². The summed E-state index contributed by atoms with van der Waals surface area (Å²) in [4.78, 5) is 28.7. The summed E-state index contributed by atoms with van der Waals surface area (Å²) in [5.41, 5.74) is 2.63. The van der Waals surface area contributed by atoms with E-state index in [9.17, 15) is 9.59 Å². The van der Waals surface area contributed by atoms with E-state index in [2.05, 4.69) is 15.4 Å². The van der Waals surface area contributed by atoms with Gasteiger partial charge in [0, 0.05) is 22.6 Å². The number of hydrogen-bond acceptors (Lipinski definition) is 5. The third-order valence-electron chi connectivity index (χ3n) is 3.97. The molecule has 0 aliphatic carbocycles. The van der Waals surface area contributed by atoms with Gasteiger partial charge in [-0.05, 0) is 63.2 Å². The molecular formula is C20H19ClN4O3. The molecule has 28 heavy (non-hydrogen) atoms. The van der Waals surface area contributed by atoms with E-state index in [1.165, 1.54) is 13.1 Å². The second kappa shape index (κ2) is 8.22. The number of hydrogen-bond donors (Lipinski definition) is 1. The van der Waals surface area contributed by atoms with E-state index in [-0.39, 0.29) is 5.56 Å². The van der Waals surface area contributed by atoms with Crippen molar-refractivity contribution in [2.45, 2.75) is 26.9 Å². The number of nitrogens with zero attached hydrogens (tertiary/aromatic N) is 3. The van der Waals surface area contributed by atoms with Crippen LogP contribution in [0.1, 0.15) is 28.7 Å². The van der Waals surface area contributed by atoms with E-state index in [1.807, 2.05) is 19.9 Å². The van der Waals surface area contributed by atoms with E-state index in [1.54, 1.807) is 41.1 Å². The molecular weight excluding hydrogens is 380 g/mol.